The molecule has 0 heterocycles. The first-order chi connectivity index (χ1) is 9.97. The Hall–Kier alpha value is -1.22. The average molecular weight is 344 g/mol. The number of alkyl halides is 3. The zero-order chi connectivity index (χ0) is 15.3. The smallest absolute Gasteiger partial charge is 0.311 e. The van der Waals surface area contributed by atoms with Gasteiger partial charge in [0.2, 0.25) is 3.79 Å². The molecule has 0 spiro atoms. The minimum atomic E-state index is -1.73. The fraction of sp³-hybridized carbons (Fsp3) is 0.188. The number of halogens is 3. The van der Waals surface area contributed by atoms with Gasteiger partial charge in [0.1, 0.15) is 0 Å². The molecule has 0 aliphatic carbocycles. The van der Waals surface area contributed by atoms with E-state index in [1.165, 1.54) is 0 Å². The highest BCUT2D eigenvalue weighted by Gasteiger charge is 2.37. The van der Waals surface area contributed by atoms with Crippen molar-refractivity contribution in [2.45, 2.75) is 16.3 Å². The van der Waals surface area contributed by atoms with Crippen LogP contribution in [0.5, 0.6) is 0 Å². The van der Waals surface area contributed by atoms with E-state index in [1.807, 2.05) is 36.4 Å². The van der Waals surface area contributed by atoms with E-state index in [2.05, 4.69) is 0 Å². The Morgan fingerprint density at radius 3 is 2.00 bits per heavy atom. The molecule has 110 valence electrons. The average Bonchev–Trinajstić information content (AvgIpc) is 2.45. The summed E-state index contributed by atoms with van der Waals surface area (Å²) >= 11 is 17.8. The monoisotopic (exact) mass is 342 g/mol. The van der Waals surface area contributed by atoms with Gasteiger partial charge in [-0.15, -0.1) is 0 Å². The van der Waals surface area contributed by atoms with Crippen molar-refractivity contribution in [2.24, 2.45) is 0 Å². The summed E-state index contributed by atoms with van der Waals surface area (Å²) in [6.07, 6.45) is -0.815. The molecule has 0 bridgehead atoms. The number of ether oxygens (including phenoxy) is 1. The predicted octanol–water partition coefficient (Wildman–Crippen LogP) is 4.88. The summed E-state index contributed by atoms with van der Waals surface area (Å²) in [4.78, 5) is 12.0. The summed E-state index contributed by atoms with van der Waals surface area (Å²) in [5, 5.41) is 0. The molecule has 0 fully saturated rings. The van der Waals surface area contributed by atoms with Gasteiger partial charge in [-0.1, -0.05) is 95.5 Å². The summed E-state index contributed by atoms with van der Waals surface area (Å²) in [6.45, 7) is 0. The fourth-order valence-corrected chi connectivity index (χ4v) is 2.40. The van der Waals surface area contributed by atoms with Crippen LogP contribution in [0.2, 0.25) is 0 Å². The first-order valence-electron chi connectivity index (χ1n) is 6.32. The molecule has 5 heteroatoms. The zero-order valence-corrected chi connectivity index (χ0v) is 13.3. The molecular weight excluding hydrogens is 331 g/mol. The van der Waals surface area contributed by atoms with Gasteiger partial charge in [-0.25, -0.2) is 0 Å². The van der Waals surface area contributed by atoms with Crippen molar-refractivity contribution < 1.29 is 9.53 Å². The van der Waals surface area contributed by atoms with E-state index in [0.29, 0.717) is 5.56 Å². The highest BCUT2D eigenvalue weighted by atomic mass is 35.6. The molecular formula is C16H13Cl3O2. The van der Waals surface area contributed by atoms with E-state index in [0.717, 1.165) is 5.56 Å². The summed E-state index contributed by atoms with van der Waals surface area (Å²) in [7, 11) is 0. The zero-order valence-electron chi connectivity index (χ0n) is 11.0. The number of esters is 1. The van der Waals surface area contributed by atoms with E-state index >= 15 is 0 Å². The maximum atomic E-state index is 12.0. The number of carbonyl (C=O) groups excluding carboxylic acids is 1. The van der Waals surface area contributed by atoms with E-state index in [1.54, 1.807) is 24.3 Å². The topological polar surface area (TPSA) is 26.3 Å². The van der Waals surface area contributed by atoms with Gasteiger partial charge in [0, 0.05) is 0 Å². The van der Waals surface area contributed by atoms with Crippen LogP contribution >= 0.6 is 34.8 Å². The van der Waals surface area contributed by atoms with Gasteiger partial charge in [0.25, 0.3) is 0 Å². The number of benzene rings is 2. The minimum Gasteiger partial charge on any atom is -0.453 e. The lowest BCUT2D eigenvalue weighted by Gasteiger charge is -2.24. The Balaban J connectivity index is 2.11. The molecule has 0 saturated carbocycles. The molecule has 2 nitrogen and oxygen atoms in total. The third-order valence-corrected chi connectivity index (χ3v) is 3.43. The van der Waals surface area contributed by atoms with Crippen LogP contribution in [-0.2, 0) is 16.0 Å². The van der Waals surface area contributed by atoms with Crippen LogP contribution in [0.15, 0.2) is 60.7 Å². The molecule has 2 rings (SSSR count). The van der Waals surface area contributed by atoms with Crippen LogP contribution in [0.4, 0.5) is 0 Å². The van der Waals surface area contributed by atoms with Crippen molar-refractivity contribution in [1.29, 1.82) is 0 Å². The molecule has 2 aromatic rings. The highest BCUT2D eigenvalue weighted by Crippen LogP contribution is 2.42. The van der Waals surface area contributed by atoms with Crippen LogP contribution in [0, 0.1) is 0 Å². The van der Waals surface area contributed by atoms with Crippen LogP contribution in [-0.4, -0.2) is 9.76 Å². The van der Waals surface area contributed by atoms with E-state index in [9.17, 15) is 4.79 Å². The number of hydrogen-bond donors (Lipinski definition) is 0. The molecule has 0 aromatic heterocycles. The summed E-state index contributed by atoms with van der Waals surface area (Å²) in [6, 6.07) is 18.2. The standard InChI is InChI=1S/C16H13Cl3O2/c17-16(18,19)15(13-9-5-2-6-10-13)21-14(20)11-12-7-3-1-4-8-12/h1-10,15H,11H2. The lowest BCUT2D eigenvalue weighted by Crippen LogP contribution is -2.24. The Labute approximate surface area is 138 Å². The number of carbonyl (C=O) groups is 1. The van der Waals surface area contributed by atoms with E-state index < -0.39 is 15.9 Å². The maximum absolute atomic E-state index is 12.0. The molecule has 21 heavy (non-hydrogen) atoms. The lowest BCUT2D eigenvalue weighted by molar-refractivity contribution is -0.148. The van der Waals surface area contributed by atoms with Crippen molar-refractivity contribution in [3.8, 4) is 0 Å². The second-order valence-electron chi connectivity index (χ2n) is 4.48. The second-order valence-corrected chi connectivity index (χ2v) is 6.85. The quantitative estimate of drug-likeness (QED) is 0.584. The molecule has 0 saturated heterocycles. The Bertz CT molecular complexity index is 579. The Morgan fingerprint density at radius 2 is 1.48 bits per heavy atom. The van der Waals surface area contributed by atoms with Gasteiger partial charge < -0.3 is 4.74 Å². The molecule has 1 atom stereocenters. The largest absolute Gasteiger partial charge is 0.453 e. The van der Waals surface area contributed by atoms with Gasteiger partial charge in [-0.05, 0) is 11.1 Å². The number of hydrogen-bond acceptors (Lipinski definition) is 2. The highest BCUT2D eigenvalue weighted by molar-refractivity contribution is 6.68. The van der Waals surface area contributed by atoms with Crippen LogP contribution in [0.1, 0.15) is 17.2 Å². The fourth-order valence-electron chi connectivity index (χ4n) is 1.89. The van der Waals surface area contributed by atoms with Crippen molar-refractivity contribution in [3.05, 3.63) is 71.8 Å². The number of rotatable bonds is 4. The normalized spacial score (nSPS) is 12.7. The third kappa shape index (κ3) is 4.92. The Morgan fingerprint density at radius 1 is 0.952 bits per heavy atom. The molecule has 1 unspecified atom stereocenters. The summed E-state index contributed by atoms with van der Waals surface area (Å²) in [5.74, 6) is -0.443. The van der Waals surface area contributed by atoms with E-state index in [-0.39, 0.29) is 6.42 Å². The molecule has 2 aromatic carbocycles. The molecule has 0 radical (unpaired) electrons. The van der Waals surface area contributed by atoms with Crippen molar-refractivity contribution >= 4 is 40.8 Å². The van der Waals surface area contributed by atoms with Crippen LogP contribution in [0.25, 0.3) is 0 Å². The van der Waals surface area contributed by atoms with Crippen LogP contribution in [0.3, 0.4) is 0 Å². The van der Waals surface area contributed by atoms with Gasteiger partial charge >= 0.3 is 5.97 Å². The third-order valence-electron chi connectivity index (χ3n) is 2.84. The molecule has 0 aliphatic heterocycles. The predicted molar refractivity (Wildman–Crippen MR) is 85.7 cm³/mol. The summed E-state index contributed by atoms with van der Waals surface area (Å²) in [5.41, 5.74) is 1.48. The molecule has 0 N–H and O–H groups in total. The first kappa shape index (κ1) is 16.2. The van der Waals surface area contributed by atoms with Gasteiger partial charge in [0.05, 0.1) is 6.42 Å². The van der Waals surface area contributed by atoms with Crippen molar-refractivity contribution in [1.82, 2.24) is 0 Å². The Kier molecular flexibility index (Phi) is 5.51. The van der Waals surface area contributed by atoms with Gasteiger partial charge in [-0.2, -0.15) is 0 Å². The van der Waals surface area contributed by atoms with Crippen molar-refractivity contribution in [2.75, 3.05) is 0 Å². The maximum Gasteiger partial charge on any atom is 0.311 e. The van der Waals surface area contributed by atoms with Crippen molar-refractivity contribution in [3.63, 3.8) is 0 Å². The van der Waals surface area contributed by atoms with E-state index in [4.69, 9.17) is 39.5 Å². The molecule has 0 amide bonds. The minimum absolute atomic E-state index is 0.130. The SMILES string of the molecule is O=C(Cc1ccccc1)OC(c1ccccc1)C(Cl)(Cl)Cl. The molecule has 0 aliphatic rings. The first-order valence-corrected chi connectivity index (χ1v) is 7.45. The van der Waals surface area contributed by atoms with Crippen LogP contribution < -0.4 is 0 Å². The van der Waals surface area contributed by atoms with Gasteiger partial charge in [-0.3, -0.25) is 4.79 Å². The van der Waals surface area contributed by atoms with Gasteiger partial charge in [0.15, 0.2) is 6.10 Å². The second kappa shape index (κ2) is 7.17. The summed E-state index contributed by atoms with van der Waals surface area (Å²) < 4.78 is 3.64. The lowest BCUT2D eigenvalue weighted by atomic mass is 10.1.